The molecule has 1 aliphatic heterocycles. The monoisotopic (exact) mass is 640 g/mol. The zero-order valence-corrected chi connectivity index (χ0v) is 27.4. The second-order valence-corrected chi connectivity index (χ2v) is 14.2. The minimum Gasteiger partial charge on any atom is -0.497 e. The molecule has 9 nitrogen and oxygen atoms in total. The van der Waals surface area contributed by atoms with E-state index in [9.17, 15) is 14.7 Å². The highest BCUT2D eigenvalue weighted by Gasteiger charge is 2.33. The first-order chi connectivity index (χ1) is 22.3. The Hall–Kier alpha value is -4.02. The van der Waals surface area contributed by atoms with E-state index in [1.807, 2.05) is 38.1 Å². The van der Waals surface area contributed by atoms with Crippen LogP contribution < -0.4 is 10.2 Å². The minimum atomic E-state index is -1.04. The minimum absolute atomic E-state index is 0.0647. The molecule has 7 rings (SSSR count). The van der Waals surface area contributed by atoms with Crippen molar-refractivity contribution >= 4 is 46.5 Å². The molecule has 2 fully saturated rings. The van der Waals surface area contributed by atoms with Gasteiger partial charge in [0.25, 0.3) is 5.91 Å². The first kappa shape index (κ1) is 30.6. The quantitative estimate of drug-likeness (QED) is 0.140. The second kappa shape index (κ2) is 12.6. The van der Waals surface area contributed by atoms with E-state index in [1.54, 1.807) is 13.4 Å². The lowest BCUT2D eigenvalue weighted by Gasteiger charge is -2.29. The predicted octanol–water partition coefficient (Wildman–Crippen LogP) is 8.26. The van der Waals surface area contributed by atoms with E-state index in [2.05, 4.69) is 37.8 Å². The van der Waals surface area contributed by atoms with Crippen LogP contribution in [0.5, 0.6) is 5.75 Å². The number of ether oxygens (including phenoxy) is 1. The molecule has 2 aromatic heterocycles. The van der Waals surface area contributed by atoms with Gasteiger partial charge < -0.3 is 19.0 Å². The van der Waals surface area contributed by atoms with Gasteiger partial charge in [-0.2, -0.15) is 0 Å². The molecule has 0 atom stereocenters. The van der Waals surface area contributed by atoms with Crippen molar-refractivity contribution in [3.63, 3.8) is 0 Å². The fourth-order valence-corrected chi connectivity index (χ4v) is 7.64. The van der Waals surface area contributed by atoms with E-state index in [4.69, 9.17) is 9.02 Å². The van der Waals surface area contributed by atoms with Gasteiger partial charge in [-0.1, -0.05) is 39.2 Å². The summed E-state index contributed by atoms with van der Waals surface area (Å²) in [7, 11) is 1.66. The molecule has 240 valence electrons. The Labute approximate surface area is 273 Å². The summed E-state index contributed by atoms with van der Waals surface area (Å²) in [5, 5.41) is 11.6. The van der Waals surface area contributed by atoms with E-state index < -0.39 is 5.97 Å². The van der Waals surface area contributed by atoms with Crippen LogP contribution in [0.15, 0.2) is 42.7 Å². The second-order valence-electron chi connectivity index (χ2n) is 12.9. The van der Waals surface area contributed by atoms with Gasteiger partial charge in [0.1, 0.15) is 5.75 Å². The number of carboxylic acid groups (broad SMARTS) is 1. The Bertz CT molecular complexity index is 1840. The normalized spacial score (nSPS) is 16.8. The van der Waals surface area contributed by atoms with Crippen molar-refractivity contribution in [2.45, 2.75) is 89.0 Å². The van der Waals surface area contributed by atoms with Crippen LogP contribution in [0.1, 0.15) is 115 Å². The van der Waals surface area contributed by atoms with Gasteiger partial charge in [-0.05, 0) is 91.1 Å². The number of nitrogens with one attached hydrogen (secondary N) is 1. The highest BCUT2D eigenvalue weighted by molar-refractivity contribution is 7.95. The van der Waals surface area contributed by atoms with Crippen LogP contribution in [-0.4, -0.2) is 43.5 Å². The maximum absolute atomic E-state index is 13.3. The lowest BCUT2D eigenvalue weighted by molar-refractivity contribution is 0.0689. The maximum Gasteiger partial charge on any atom is 0.356 e. The molecule has 0 radical (unpaired) electrons. The van der Waals surface area contributed by atoms with Gasteiger partial charge in [0.2, 0.25) is 0 Å². The average molecular weight is 641 g/mol. The van der Waals surface area contributed by atoms with Crippen molar-refractivity contribution in [1.82, 2.24) is 19.6 Å². The third-order valence-electron chi connectivity index (χ3n) is 9.69. The predicted molar refractivity (Wildman–Crippen MR) is 181 cm³/mol. The van der Waals surface area contributed by atoms with Crippen molar-refractivity contribution in [3.8, 4) is 17.0 Å². The topological polar surface area (TPSA) is 108 Å². The number of hydroxylamine groups is 1. The summed E-state index contributed by atoms with van der Waals surface area (Å²) in [5.74, 6) is -0.231. The third kappa shape index (κ3) is 5.51. The lowest BCUT2D eigenvalue weighted by atomic mass is 9.81. The molecule has 46 heavy (non-hydrogen) atoms. The molecule has 2 N–H and O–H groups in total. The summed E-state index contributed by atoms with van der Waals surface area (Å²) in [5.41, 5.74) is 10.1. The molecule has 0 spiro atoms. The van der Waals surface area contributed by atoms with Gasteiger partial charge in [-0.3, -0.25) is 4.79 Å². The SMILES string of the molecule is COc1ccc2c(c1)C=C(c1c(C(=O)O)ncn1C1CCC1)Cn1c-2c(C2CCCCC2)c2ccc(C(=O)NOSC(C)C)cc21. The Kier molecular flexibility index (Phi) is 8.42. The average Bonchev–Trinajstić information content (AvgIpc) is 3.54. The number of hydrogen-bond donors (Lipinski definition) is 2. The number of nitrogens with zero attached hydrogens (tertiary/aromatic N) is 3. The summed E-state index contributed by atoms with van der Waals surface area (Å²) in [4.78, 5) is 30.2. The molecule has 3 aliphatic rings. The molecule has 10 heteroatoms. The number of aromatic nitrogens is 3. The highest BCUT2D eigenvalue weighted by atomic mass is 32.2. The number of aromatic carboxylic acids is 1. The molecular weight excluding hydrogens is 600 g/mol. The number of imidazole rings is 1. The number of carbonyl (C=O) groups excluding carboxylic acids is 1. The summed E-state index contributed by atoms with van der Waals surface area (Å²) in [6, 6.07) is 12.3. The van der Waals surface area contributed by atoms with Crippen molar-refractivity contribution in [2.24, 2.45) is 0 Å². The van der Waals surface area contributed by atoms with E-state index in [1.165, 1.54) is 36.9 Å². The van der Waals surface area contributed by atoms with Crippen LogP contribution in [0.4, 0.5) is 0 Å². The Morgan fingerprint density at radius 3 is 2.52 bits per heavy atom. The molecule has 0 unspecified atom stereocenters. The largest absolute Gasteiger partial charge is 0.497 e. The number of fused-ring (bicyclic) bond motifs is 5. The number of carboxylic acids is 1. The molecular formula is C36H40N4O5S. The standard InChI is InChI=1S/C36H40N4O5S/c1-21(2)46-45-38-35(41)23-12-14-29-30(18-23)39-19-25(33-32(36(42)43)37-20-40(33)26-10-7-11-26)16-24-17-27(44-3)13-15-28(24)34(39)31(29)22-8-5-4-6-9-22/h12-18,20-22,26H,4-11,19H2,1-3H3,(H,38,41)(H,42,43). The van der Waals surface area contributed by atoms with Crippen LogP contribution >= 0.6 is 12.0 Å². The molecule has 4 aromatic rings. The number of allylic oxidation sites excluding steroid dienone is 1. The van der Waals surface area contributed by atoms with Gasteiger partial charge >= 0.3 is 5.97 Å². The summed E-state index contributed by atoms with van der Waals surface area (Å²) in [6.07, 6.45) is 12.8. The van der Waals surface area contributed by atoms with E-state index in [0.29, 0.717) is 23.7 Å². The number of rotatable bonds is 9. The van der Waals surface area contributed by atoms with Gasteiger partial charge in [0.05, 0.1) is 31.4 Å². The summed E-state index contributed by atoms with van der Waals surface area (Å²) >= 11 is 1.20. The zero-order chi connectivity index (χ0) is 31.9. The number of methoxy groups -OCH3 is 1. The van der Waals surface area contributed by atoms with Crippen LogP contribution in [0, 0.1) is 0 Å². The highest BCUT2D eigenvalue weighted by Crippen LogP contribution is 2.48. The molecule has 2 aromatic carbocycles. The van der Waals surface area contributed by atoms with Gasteiger partial charge in [-0.15, -0.1) is 0 Å². The number of benzene rings is 2. The zero-order valence-electron chi connectivity index (χ0n) is 26.5. The summed E-state index contributed by atoms with van der Waals surface area (Å²) in [6.45, 7) is 4.42. The van der Waals surface area contributed by atoms with Gasteiger partial charge in [-0.25, -0.2) is 19.5 Å². The van der Waals surface area contributed by atoms with Crippen molar-refractivity contribution in [3.05, 3.63) is 70.8 Å². The first-order valence-electron chi connectivity index (χ1n) is 16.3. The van der Waals surface area contributed by atoms with Crippen LogP contribution in [-0.2, 0) is 10.8 Å². The maximum atomic E-state index is 13.3. The van der Waals surface area contributed by atoms with Gasteiger partial charge in [0, 0.05) is 45.4 Å². The third-order valence-corrected chi connectivity index (χ3v) is 10.3. The molecule has 0 bridgehead atoms. The Morgan fingerprint density at radius 2 is 1.83 bits per heavy atom. The molecule has 3 heterocycles. The van der Waals surface area contributed by atoms with Crippen molar-refractivity contribution in [2.75, 3.05) is 7.11 Å². The Morgan fingerprint density at radius 1 is 1.02 bits per heavy atom. The Balaban J connectivity index is 1.46. The molecule has 1 amide bonds. The van der Waals surface area contributed by atoms with Crippen molar-refractivity contribution in [1.29, 1.82) is 0 Å². The number of carbonyl (C=O) groups is 2. The number of hydrogen-bond acceptors (Lipinski definition) is 6. The fourth-order valence-electron chi connectivity index (χ4n) is 7.32. The van der Waals surface area contributed by atoms with E-state index in [-0.39, 0.29) is 22.9 Å². The lowest BCUT2D eigenvalue weighted by Crippen LogP contribution is -2.21. The molecule has 2 aliphatic carbocycles. The fraction of sp³-hybridized carbons (Fsp3) is 0.417. The summed E-state index contributed by atoms with van der Waals surface area (Å²) < 4.78 is 15.4. The molecule has 0 saturated heterocycles. The first-order valence-corrected chi connectivity index (χ1v) is 17.1. The molecule has 2 saturated carbocycles. The number of amides is 1. The van der Waals surface area contributed by atoms with Crippen LogP contribution in [0.3, 0.4) is 0 Å². The van der Waals surface area contributed by atoms with Crippen molar-refractivity contribution < 1.29 is 23.7 Å². The van der Waals surface area contributed by atoms with E-state index in [0.717, 1.165) is 71.2 Å². The smallest absolute Gasteiger partial charge is 0.356 e. The van der Waals surface area contributed by atoms with E-state index >= 15 is 0 Å². The van der Waals surface area contributed by atoms with Crippen LogP contribution in [0.2, 0.25) is 0 Å². The van der Waals surface area contributed by atoms with Gasteiger partial charge in [0.15, 0.2) is 5.69 Å². The van der Waals surface area contributed by atoms with Crippen LogP contribution in [0.25, 0.3) is 33.8 Å².